The molecule has 1 N–H and O–H groups in total. The molecule has 0 aromatic heterocycles. The molecule has 0 radical (unpaired) electrons. The molecule has 32 heavy (non-hydrogen) atoms. The van der Waals surface area contributed by atoms with Gasteiger partial charge in [0.2, 0.25) is 5.91 Å². The lowest BCUT2D eigenvalue weighted by atomic mass is 9.80. The molecule has 0 spiro atoms. The maximum Gasteiger partial charge on any atom is 0.220 e. The largest absolute Gasteiger partial charge is 0.378 e. The van der Waals surface area contributed by atoms with Crippen LogP contribution in [0, 0.1) is 17.8 Å². The second kappa shape index (κ2) is 16.6. The molecule has 2 aliphatic carbocycles. The number of ether oxygens (including phenoxy) is 2. The molecule has 0 aromatic rings. The predicted octanol–water partition coefficient (Wildman–Crippen LogP) is 6.08. The van der Waals surface area contributed by atoms with E-state index in [0.29, 0.717) is 36.9 Å². The third-order valence-corrected chi connectivity index (χ3v) is 6.64. The summed E-state index contributed by atoms with van der Waals surface area (Å²) in [6.45, 7) is 14.0. The molecule has 2 fully saturated rings. The first-order valence-corrected chi connectivity index (χ1v) is 13.4. The first-order chi connectivity index (χ1) is 15.3. The summed E-state index contributed by atoms with van der Waals surface area (Å²) >= 11 is 0. The Morgan fingerprint density at radius 1 is 0.812 bits per heavy atom. The third kappa shape index (κ3) is 11.8. The van der Waals surface area contributed by atoms with Gasteiger partial charge in [0, 0.05) is 37.5 Å². The zero-order valence-electron chi connectivity index (χ0n) is 21.8. The van der Waals surface area contributed by atoms with Crippen molar-refractivity contribution in [3.63, 3.8) is 0 Å². The smallest absolute Gasteiger partial charge is 0.220 e. The van der Waals surface area contributed by atoms with Crippen LogP contribution in [0.5, 0.6) is 0 Å². The van der Waals surface area contributed by atoms with E-state index in [2.05, 4.69) is 19.2 Å². The highest BCUT2D eigenvalue weighted by atomic mass is 16.5. The van der Waals surface area contributed by atoms with Gasteiger partial charge in [-0.15, -0.1) is 0 Å². The van der Waals surface area contributed by atoms with Crippen molar-refractivity contribution in [2.45, 2.75) is 130 Å². The molecule has 2 saturated carbocycles. The van der Waals surface area contributed by atoms with Crippen LogP contribution in [0.15, 0.2) is 0 Å². The third-order valence-electron chi connectivity index (χ3n) is 6.64. The first-order valence-electron chi connectivity index (χ1n) is 13.4. The van der Waals surface area contributed by atoms with E-state index in [1.807, 2.05) is 27.7 Å². The van der Waals surface area contributed by atoms with Crippen LogP contribution < -0.4 is 5.32 Å². The van der Waals surface area contributed by atoms with E-state index < -0.39 is 0 Å². The Kier molecular flexibility index (Phi) is 15.1. The minimum absolute atomic E-state index is 0.119. The number of hydrogen-bond donors (Lipinski definition) is 1. The highest BCUT2D eigenvalue weighted by molar-refractivity contribution is 5.83. The fourth-order valence-electron chi connectivity index (χ4n) is 4.61. The Morgan fingerprint density at radius 2 is 1.34 bits per heavy atom. The summed E-state index contributed by atoms with van der Waals surface area (Å²) in [7, 11) is 0. The monoisotopic (exact) mass is 453 g/mol. The molecule has 0 atom stereocenters. The number of carbonyl (C=O) groups is 2. The minimum Gasteiger partial charge on any atom is -0.378 e. The van der Waals surface area contributed by atoms with E-state index in [0.717, 1.165) is 70.8 Å². The predicted molar refractivity (Wildman–Crippen MR) is 132 cm³/mol. The van der Waals surface area contributed by atoms with Gasteiger partial charge in [-0.3, -0.25) is 9.59 Å². The topological polar surface area (TPSA) is 64.6 Å². The molecular formula is C27H51NO4. The highest BCUT2D eigenvalue weighted by Gasteiger charge is 2.28. The van der Waals surface area contributed by atoms with E-state index in [-0.39, 0.29) is 23.8 Å². The van der Waals surface area contributed by atoms with E-state index in [1.54, 1.807) is 0 Å². The Bertz CT molecular complexity index is 504. The zero-order chi connectivity index (χ0) is 23.9. The van der Waals surface area contributed by atoms with Gasteiger partial charge in [-0.2, -0.15) is 0 Å². The van der Waals surface area contributed by atoms with Crippen molar-refractivity contribution in [1.82, 2.24) is 5.32 Å². The molecule has 0 saturated heterocycles. The summed E-state index contributed by atoms with van der Waals surface area (Å²) in [5, 5.41) is 3.16. The SMILES string of the molecule is CC.CC(C)CCOC1CCC(OCCCC(=O)NC2CCC(C(=O)C(C)C)CC2)CC1. The summed E-state index contributed by atoms with van der Waals surface area (Å²) in [5.74, 6) is 1.52. The molecule has 0 bridgehead atoms. The van der Waals surface area contributed by atoms with Gasteiger partial charge in [-0.1, -0.05) is 41.5 Å². The fraction of sp³-hybridized carbons (Fsp3) is 0.926. The van der Waals surface area contributed by atoms with Gasteiger partial charge in [0.15, 0.2) is 0 Å². The van der Waals surface area contributed by atoms with Gasteiger partial charge < -0.3 is 14.8 Å². The van der Waals surface area contributed by atoms with E-state index in [9.17, 15) is 9.59 Å². The van der Waals surface area contributed by atoms with Crippen LogP contribution in [-0.4, -0.2) is 43.2 Å². The van der Waals surface area contributed by atoms with Gasteiger partial charge >= 0.3 is 0 Å². The van der Waals surface area contributed by atoms with Gasteiger partial charge in [-0.25, -0.2) is 0 Å². The van der Waals surface area contributed by atoms with Crippen LogP contribution in [0.1, 0.15) is 112 Å². The molecule has 2 aliphatic rings. The van der Waals surface area contributed by atoms with Crippen molar-refractivity contribution in [3.05, 3.63) is 0 Å². The summed E-state index contributed by atoms with van der Waals surface area (Å²) < 4.78 is 12.0. The van der Waals surface area contributed by atoms with E-state index in [1.165, 1.54) is 0 Å². The number of nitrogens with one attached hydrogen (secondary N) is 1. The number of hydrogen-bond acceptors (Lipinski definition) is 4. The first kappa shape index (κ1) is 29.1. The van der Waals surface area contributed by atoms with E-state index in [4.69, 9.17) is 9.47 Å². The second-order valence-corrected chi connectivity index (χ2v) is 10.1. The summed E-state index contributed by atoms with van der Waals surface area (Å²) in [6.07, 6.45) is 11.1. The standard InChI is InChI=1S/C25H45NO4.C2H6/c1-18(2)15-17-30-23-13-11-22(12-14-23)29-16-5-6-24(27)26-21-9-7-20(8-10-21)25(28)19(3)4;1-2/h18-23H,5-17H2,1-4H3,(H,26,27);1-2H3. The quantitative estimate of drug-likeness (QED) is 0.364. The summed E-state index contributed by atoms with van der Waals surface area (Å²) in [5.41, 5.74) is 0. The fourth-order valence-corrected chi connectivity index (χ4v) is 4.61. The van der Waals surface area contributed by atoms with Gasteiger partial charge in [0.25, 0.3) is 0 Å². The minimum atomic E-state index is 0.119. The van der Waals surface area contributed by atoms with Crippen LogP contribution in [-0.2, 0) is 19.1 Å². The molecule has 0 aliphatic heterocycles. The van der Waals surface area contributed by atoms with Crippen LogP contribution in [0.4, 0.5) is 0 Å². The van der Waals surface area contributed by atoms with Crippen molar-refractivity contribution in [1.29, 1.82) is 0 Å². The Hall–Kier alpha value is -0.940. The molecule has 0 heterocycles. The van der Waals surface area contributed by atoms with Crippen molar-refractivity contribution < 1.29 is 19.1 Å². The average molecular weight is 454 g/mol. The summed E-state index contributed by atoms with van der Waals surface area (Å²) in [6, 6.07) is 0.237. The lowest BCUT2D eigenvalue weighted by Gasteiger charge is -2.29. The highest BCUT2D eigenvalue weighted by Crippen LogP contribution is 2.27. The Balaban J connectivity index is 0.00000249. The van der Waals surface area contributed by atoms with Crippen molar-refractivity contribution in [2.24, 2.45) is 17.8 Å². The van der Waals surface area contributed by atoms with Gasteiger partial charge in [-0.05, 0) is 70.1 Å². The number of ketones is 1. The van der Waals surface area contributed by atoms with Crippen LogP contribution in [0.25, 0.3) is 0 Å². The molecule has 2 rings (SSSR count). The maximum absolute atomic E-state index is 12.2. The average Bonchev–Trinajstić information content (AvgIpc) is 2.79. The number of rotatable bonds is 12. The molecule has 0 unspecified atom stereocenters. The zero-order valence-corrected chi connectivity index (χ0v) is 21.8. The maximum atomic E-state index is 12.2. The lowest BCUT2D eigenvalue weighted by molar-refractivity contribution is -0.127. The summed E-state index contributed by atoms with van der Waals surface area (Å²) in [4.78, 5) is 24.3. The molecule has 0 aromatic carbocycles. The number of Topliss-reactive ketones (excluding diaryl/α,β-unsaturated/α-hetero) is 1. The van der Waals surface area contributed by atoms with Crippen LogP contribution in [0.3, 0.4) is 0 Å². The van der Waals surface area contributed by atoms with Crippen molar-refractivity contribution >= 4 is 11.7 Å². The van der Waals surface area contributed by atoms with Gasteiger partial charge in [0.05, 0.1) is 12.2 Å². The molecule has 188 valence electrons. The lowest BCUT2D eigenvalue weighted by Crippen LogP contribution is -2.39. The number of amides is 1. The molecule has 5 heteroatoms. The van der Waals surface area contributed by atoms with Crippen LogP contribution in [0.2, 0.25) is 0 Å². The Morgan fingerprint density at radius 3 is 1.84 bits per heavy atom. The number of carbonyl (C=O) groups excluding carboxylic acids is 2. The molecule has 1 amide bonds. The van der Waals surface area contributed by atoms with Crippen molar-refractivity contribution in [3.8, 4) is 0 Å². The van der Waals surface area contributed by atoms with Crippen LogP contribution >= 0.6 is 0 Å². The molecule has 5 nitrogen and oxygen atoms in total. The second-order valence-electron chi connectivity index (χ2n) is 10.1. The van der Waals surface area contributed by atoms with Gasteiger partial charge in [0.1, 0.15) is 5.78 Å². The van der Waals surface area contributed by atoms with E-state index >= 15 is 0 Å². The molecular weight excluding hydrogens is 402 g/mol. The normalized spacial score (nSPS) is 25.9. The van der Waals surface area contributed by atoms with Crippen molar-refractivity contribution in [2.75, 3.05) is 13.2 Å². The Labute approximate surface area is 197 Å².